The summed E-state index contributed by atoms with van der Waals surface area (Å²) in [6.45, 7) is 1.30. The van der Waals surface area contributed by atoms with E-state index in [0.717, 1.165) is 5.69 Å². The highest BCUT2D eigenvalue weighted by Crippen LogP contribution is 2.14. The molecule has 6 nitrogen and oxygen atoms in total. The van der Waals surface area contributed by atoms with E-state index in [2.05, 4.69) is 10.3 Å². The molecular weight excluding hydrogens is 268 g/mol. The standard InChI is InChI=1S/C12H16N2O4S/c1-8(15)13-10(12(16)17)7-19-6-9-4-3-5-11(14-9)18-2/h3-5,10H,6-7H2,1-2H3,(H,13,15)(H,16,17). The number of pyridine rings is 1. The van der Waals surface area contributed by atoms with Crippen molar-refractivity contribution in [3.8, 4) is 5.88 Å². The number of carbonyl (C=O) groups excluding carboxylic acids is 1. The number of hydrogen-bond acceptors (Lipinski definition) is 5. The fraction of sp³-hybridized carbons (Fsp3) is 0.417. The molecule has 0 aliphatic carbocycles. The van der Waals surface area contributed by atoms with Crippen molar-refractivity contribution in [3.63, 3.8) is 0 Å². The van der Waals surface area contributed by atoms with Crippen LogP contribution in [-0.4, -0.2) is 40.9 Å². The van der Waals surface area contributed by atoms with Crippen LogP contribution in [0.25, 0.3) is 0 Å². The average molecular weight is 284 g/mol. The van der Waals surface area contributed by atoms with E-state index in [-0.39, 0.29) is 11.7 Å². The van der Waals surface area contributed by atoms with Gasteiger partial charge in [0.1, 0.15) is 6.04 Å². The number of aliphatic carboxylic acids is 1. The van der Waals surface area contributed by atoms with E-state index in [9.17, 15) is 9.59 Å². The molecule has 1 rings (SSSR count). The second-order valence-corrected chi connectivity index (χ2v) is 4.81. The molecule has 0 fully saturated rings. The first-order valence-electron chi connectivity index (χ1n) is 5.60. The van der Waals surface area contributed by atoms with Crippen LogP contribution >= 0.6 is 11.8 Å². The van der Waals surface area contributed by atoms with Crippen molar-refractivity contribution in [1.29, 1.82) is 0 Å². The van der Waals surface area contributed by atoms with Gasteiger partial charge in [-0.2, -0.15) is 11.8 Å². The summed E-state index contributed by atoms with van der Waals surface area (Å²) in [6, 6.07) is 4.52. The lowest BCUT2D eigenvalue weighted by Crippen LogP contribution is -2.41. The average Bonchev–Trinajstić information content (AvgIpc) is 2.37. The number of methoxy groups -OCH3 is 1. The molecule has 7 heteroatoms. The van der Waals surface area contributed by atoms with Crippen LogP contribution in [0.5, 0.6) is 5.88 Å². The van der Waals surface area contributed by atoms with Gasteiger partial charge in [0.15, 0.2) is 0 Å². The van der Waals surface area contributed by atoms with E-state index in [1.54, 1.807) is 6.07 Å². The minimum atomic E-state index is -1.04. The molecule has 0 aromatic carbocycles. The highest BCUT2D eigenvalue weighted by Gasteiger charge is 2.18. The number of carboxylic acids is 1. The third-order valence-corrected chi connectivity index (χ3v) is 3.27. The van der Waals surface area contributed by atoms with Gasteiger partial charge >= 0.3 is 5.97 Å². The topological polar surface area (TPSA) is 88.5 Å². The normalized spacial score (nSPS) is 11.7. The Balaban J connectivity index is 2.47. The maximum Gasteiger partial charge on any atom is 0.327 e. The number of ether oxygens (including phenoxy) is 1. The fourth-order valence-corrected chi connectivity index (χ4v) is 2.30. The van der Waals surface area contributed by atoms with Crippen molar-refractivity contribution < 1.29 is 19.4 Å². The predicted octanol–water partition coefficient (Wildman–Crippen LogP) is 0.913. The summed E-state index contributed by atoms with van der Waals surface area (Å²) >= 11 is 1.39. The molecule has 0 saturated heterocycles. The van der Waals surface area contributed by atoms with Crippen LogP contribution in [0.4, 0.5) is 0 Å². The minimum absolute atomic E-state index is 0.286. The highest BCUT2D eigenvalue weighted by atomic mass is 32.2. The van der Waals surface area contributed by atoms with E-state index in [0.29, 0.717) is 11.6 Å². The largest absolute Gasteiger partial charge is 0.481 e. The minimum Gasteiger partial charge on any atom is -0.481 e. The third kappa shape index (κ3) is 5.60. The maximum atomic E-state index is 10.9. The number of carbonyl (C=O) groups is 2. The molecule has 0 radical (unpaired) electrons. The van der Waals surface area contributed by atoms with E-state index >= 15 is 0 Å². The van der Waals surface area contributed by atoms with E-state index in [4.69, 9.17) is 9.84 Å². The fourth-order valence-electron chi connectivity index (χ4n) is 1.35. The summed E-state index contributed by atoms with van der Waals surface area (Å²) < 4.78 is 5.00. The third-order valence-electron chi connectivity index (χ3n) is 2.20. The van der Waals surface area contributed by atoms with Crippen molar-refractivity contribution in [2.45, 2.75) is 18.7 Å². The Morgan fingerprint density at radius 1 is 1.53 bits per heavy atom. The van der Waals surface area contributed by atoms with Crippen LogP contribution in [0.3, 0.4) is 0 Å². The molecule has 104 valence electrons. The van der Waals surface area contributed by atoms with Gasteiger partial charge in [-0.25, -0.2) is 9.78 Å². The summed E-state index contributed by atoms with van der Waals surface area (Å²) in [4.78, 5) is 26.0. The van der Waals surface area contributed by atoms with Gasteiger partial charge in [-0.05, 0) is 6.07 Å². The van der Waals surface area contributed by atoms with E-state index in [1.165, 1.54) is 25.8 Å². The zero-order valence-corrected chi connectivity index (χ0v) is 11.6. The van der Waals surface area contributed by atoms with Crippen LogP contribution in [-0.2, 0) is 15.3 Å². The smallest absolute Gasteiger partial charge is 0.327 e. The lowest BCUT2D eigenvalue weighted by Gasteiger charge is -2.12. The lowest BCUT2D eigenvalue weighted by atomic mass is 10.3. The first-order chi connectivity index (χ1) is 9.02. The van der Waals surface area contributed by atoms with E-state index in [1.807, 2.05) is 12.1 Å². The molecule has 0 aliphatic rings. The second-order valence-electron chi connectivity index (χ2n) is 3.78. The summed E-state index contributed by atoms with van der Waals surface area (Å²) in [5, 5.41) is 11.3. The van der Waals surface area contributed by atoms with Crippen LogP contribution in [0.2, 0.25) is 0 Å². The van der Waals surface area contributed by atoms with Gasteiger partial charge in [0.25, 0.3) is 0 Å². The number of nitrogens with zero attached hydrogens (tertiary/aromatic N) is 1. The molecule has 0 spiro atoms. The molecule has 1 aromatic rings. The number of nitrogens with one attached hydrogen (secondary N) is 1. The number of carboxylic acid groups (broad SMARTS) is 1. The Morgan fingerprint density at radius 3 is 2.84 bits per heavy atom. The molecule has 19 heavy (non-hydrogen) atoms. The van der Waals surface area contributed by atoms with Gasteiger partial charge in [-0.3, -0.25) is 4.79 Å². The Morgan fingerprint density at radius 2 is 2.26 bits per heavy atom. The molecule has 1 amide bonds. The monoisotopic (exact) mass is 284 g/mol. The zero-order valence-electron chi connectivity index (χ0n) is 10.8. The highest BCUT2D eigenvalue weighted by molar-refractivity contribution is 7.98. The summed E-state index contributed by atoms with van der Waals surface area (Å²) in [5.41, 5.74) is 0.802. The molecule has 0 bridgehead atoms. The lowest BCUT2D eigenvalue weighted by molar-refractivity contribution is -0.140. The molecule has 0 aliphatic heterocycles. The maximum absolute atomic E-state index is 10.9. The molecule has 1 aromatic heterocycles. The van der Waals surface area contributed by atoms with Gasteiger partial charge in [-0.1, -0.05) is 6.07 Å². The molecule has 1 atom stereocenters. The van der Waals surface area contributed by atoms with Crippen LogP contribution in [0, 0.1) is 0 Å². The van der Waals surface area contributed by atoms with Crippen molar-refractivity contribution in [1.82, 2.24) is 10.3 Å². The predicted molar refractivity (Wildman–Crippen MR) is 72.2 cm³/mol. The number of rotatable bonds is 7. The molecule has 1 heterocycles. The Hall–Kier alpha value is -1.76. The molecule has 0 saturated carbocycles. The van der Waals surface area contributed by atoms with Crippen LogP contribution < -0.4 is 10.1 Å². The molecule has 1 unspecified atom stereocenters. The van der Waals surface area contributed by atoms with Gasteiger partial charge < -0.3 is 15.2 Å². The van der Waals surface area contributed by atoms with Gasteiger partial charge in [0.05, 0.1) is 12.8 Å². The van der Waals surface area contributed by atoms with Gasteiger partial charge in [0.2, 0.25) is 11.8 Å². The molecule has 2 N–H and O–H groups in total. The number of thioether (sulfide) groups is 1. The van der Waals surface area contributed by atoms with Gasteiger partial charge in [0, 0.05) is 24.5 Å². The Bertz CT molecular complexity index is 453. The Labute approximate surface area is 115 Å². The van der Waals surface area contributed by atoms with Crippen molar-refractivity contribution in [2.75, 3.05) is 12.9 Å². The zero-order chi connectivity index (χ0) is 14.3. The van der Waals surface area contributed by atoms with Crippen molar-refractivity contribution in [2.24, 2.45) is 0 Å². The number of aromatic nitrogens is 1. The first kappa shape index (κ1) is 15.3. The number of amides is 1. The first-order valence-corrected chi connectivity index (χ1v) is 6.76. The van der Waals surface area contributed by atoms with Gasteiger partial charge in [-0.15, -0.1) is 0 Å². The summed E-state index contributed by atoms with van der Waals surface area (Å²) in [7, 11) is 1.54. The van der Waals surface area contributed by atoms with Crippen LogP contribution in [0.1, 0.15) is 12.6 Å². The van der Waals surface area contributed by atoms with Crippen LogP contribution in [0.15, 0.2) is 18.2 Å². The van der Waals surface area contributed by atoms with Crippen molar-refractivity contribution >= 4 is 23.6 Å². The summed E-state index contributed by atoms with van der Waals surface area (Å²) in [5.74, 6) is -0.0301. The second kappa shape index (κ2) is 7.63. The number of hydrogen-bond donors (Lipinski definition) is 2. The summed E-state index contributed by atoms with van der Waals surface area (Å²) in [6.07, 6.45) is 0. The Kier molecular flexibility index (Phi) is 6.14. The SMILES string of the molecule is COc1cccc(CSCC(NC(C)=O)C(=O)O)n1. The van der Waals surface area contributed by atoms with Crippen molar-refractivity contribution in [3.05, 3.63) is 23.9 Å². The van der Waals surface area contributed by atoms with E-state index < -0.39 is 12.0 Å². The molecular formula is C12H16N2O4S. The quantitative estimate of drug-likeness (QED) is 0.774.